The zero-order valence-corrected chi connectivity index (χ0v) is 15.9. The van der Waals surface area contributed by atoms with Crippen molar-refractivity contribution in [2.45, 2.75) is 18.6 Å². The van der Waals surface area contributed by atoms with Crippen LogP contribution in [0.4, 0.5) is 10.1 Å². The first-order valence-corrected chi connectivity index (χ1v) is 10.1. The fourth-order valence-electron chi connectivity index (χ4n) is 3.19. The fourth-order valence-corrected chi connectivity index (χ4v) is 4.49. The number of hydrogen-bond acceptors (Lipinski definition) is 5. The number of anilines is 1. The molecule has 0 spiro atoms. The quantitative estimate of drug-likeness (QED) is 0.525. The minimum Gasteiger partial charge on any atom is -0.387 e. The van der Waals surface area contributed by atoms with E-state index in [1.807, 2.05) is 6.07 Å². The molecule has 1 unspecified atom stereocenters. The van der Waals surface area contributed by atoms with Crippen molar-refractivity contribution < 1.29 is 14.2 Å². The second-order valence-electron chi connectivity index (χ2n) is 6.68. The lowest BCUT2D eigenvalue weighted by atomic mass is 10.0. The average molecular weight is 383 g/mol. The van der Waals surface area contributed by atoms with Gasteiger partial charge < -0.3 is 25.4 Å². The molecule has 2 heterocycles. The Labute approximate surface area is 158 Å². The number of nitrogens with zero attached hydrogens (tertiary/aromatic N) is 2. The first-order chi connectivity index (χ1) is 12.6. The second kappa shape index (κ2) is 8.92. The van der Waals surface area contributed by atoms with Gasteiger partial charge in [-0.2, -0.15) is 11.8 Å². The van der Waals surface area contributed by atoms with Crippen LogP contribution in [-0.2, 0) is 11.3 Å². The van der Waals surface area contributed by atoms with Gasteiger partial charge in [-0.1, -0.05) is 0 Å². The van der Waals surface area contributed by atoms with Gasteiger partial charge in [0.05, 0.1) is 18.8 Å². The van der Waals surface area contributed by atoms with Crippen LogP contribution in [0, 0.1) is 5.82 Å². The van der Waals surface area contributed by atoms with E-state index in [2.05, 4.69) is 20.5 Å². The molecule has 3 N–H and O–H groups in total. The van der Waals surface area contributed by atoms with Crippen LogP contribution < -0.4 is 15.5 Å². The number of morpholine rings is 1. The number of halogens is 1. The fraction of sp³-hybridized carbons (Fsp3) is 0.611. The molecule has 0 saturated carbocycles. The molecule has 2 aliphatic heterocycles. The van der Waals surface area contributed by atoms with Crippen molar-refractivity contribution in [3.8, 4) is 0 Å². The number of ether oxygens (including phenoxy) is 1. The van der Waals surface area contributed by atoms with Crippen molar-refractivity contribution in [3.63, 3.8) is 0 Å². The maximum Gasteiger partial charge on any atom is 0.191 e. The third-order valence-electron chi connectivity index (χ3n) is 4.73. The van der Waals surface area contributed by atoms with E-state index in [0.29, 0.717) is 32.3 Å². The van der Waals surface area contributed by atoms with E-state index < -0.39 is 5.60 Å². The summed E-state index contributed by atoms with van der Waals surface area (Å²) in [5, 5.41) is 16.9. The van der Waals surface area contributed by atoms with Crippen LogP contribution in [0.15, 0.2) is 23.2 Å². The maximum absolute atomic E-state index is 13.8. The Balaban J connectivity index is 1.61. The predicted octanol–water partition coefficient (Wildman–Crippen LogP) is 1.20. The van der Waals surface area contributed by atoms with E-state index in [0.717, 1.165) is 42.3 Å². The first-order valence-electron chi connectivity index (χ1n) is 8.95. The predicted molar refractivity (Wildman–Crippen MR) is 105 cm³/mol. The van der Waals surface area contributed by atoms with Crippen LogP contribution in [0.5, 0.6) is 0 Å². The molecule has 26 heavy (non-hydrogen) atoms. The van der Waals surface area contributed by atoms with Crippen LogP contribution in [0.2, 0.25) is 0 Å². The molecular formula is C18H27FN4O2S. The smallest absolute Gasteiger partial charge is 0.191 e. The molecular weight excluding hydrogens is 355 g/mol. The third-order valence-corrected chi connectivity index (χ3v) is 5.96. The van der Waals surface area contributed by atoms with Crippen molar-refractivity contribution in [1.29, 1.82) is 0 Å². The third kappa shape index (κ3) is 5.02. The number of thioether (sulfide) groups is 1. The van der Waals surface area contributed by atoms with Gasteiger partial charge in [0.1, 0.15) is 5.82 Å². The van der Waals surface area contributed by atoms with Gasteiger partial charge in [0.15, 0.2) is 5.96 Å². The highest BCUT2D eigenvalue weighted by Gasteiger charge is 2.31. The topological polar surface area (TPSA) is 69.1 Å². The Morgan fingerprint density at radius 1 is 1.38 bits per heavy atom. The second-order valence-corrected chi connectivity index (χ2v) is 7.78. The molecule has 1 aromatic rings. The molecule has 144 valence electrons. The van der Waals surface area contributed by atoms with Crippen LogP contribution >= 0.6 is 11.8 Å². The summed E-state index contributed by atoms with van der Waals surface area (Å²) in [6.45, 7) is 3.89. The molecule has 0 aliphatic carbocycles. The molecule has 0 bridgehead atoms. The van der Waals surface area contributed by atoms with Crippen LogP contribution in [0.3, 0.4) is 0 Å². The van der Waals surface area contributed by atoms with E-state index in [4.69, 9.17) is 4.74 Å². The summed E-state index contributed by atoms with van der Waals surface area (Å²) in [5.74, 6) is 2.07. The number of hydrogen-bond donors (Lipinski definition) is 3. The van der Waals surface area contributed by atoms with Gasteiger partial charge in [-0.25, -0.2) is 4.39 Å². The molecule has 2 saturated heterocycles. The minimum absolute atomic E-state index is 0.251. The Morgan fingerprint density at radius 2 is 2.19 bits per heavy atom. The van der Waals surface area contributed by atoms with Crippen LogP contribution in [0.1, 0.15) is 12.0 Å². The van der Waals surface area contributed by atoms with Crippen LogP contribution in [0.25, 0.3) is 0 Å². The number of aliphatic hydroxyl groups is 1. The van der Waals surface area contributed by atoms with Crippen molar-refractivity contribution >= 4 is 23.4 Å². The molecule has 0 amide bonds. The van der Waals surface area contributed by atoms with Gasteiger partial charge in [-0.3, -0.25) is 4.99 Å². The van der Waals surface area contributed by atoms with Gasteiger partial charge >= 0.3 is 0 Å². The summed E-state index contributed by atoms with van der Waals surface area (Å²) >= 11 is 1.76. The summed E-state index contributed by atoms with van der Waals surface area (Å²) in [7, 11) is 1.69. The summed E-state index contributed by atoms with van der Waals surface area (Å²) in [6, 6.07) is 4.88. The highest BCUT2D eigenvalue weighted by molar-refractivity contribution is 7.99. The van der Waals surface area contributed by atoms with E-state index in [-0.39, 0.29) is 5.82 Å². The Hall–Kier alpha value is -1.51. The number of nitrogens with one attached hydrogen (secondary N) is 2. The summed E-state index contributed by atoms with van der Waals surface area (Å²) in [6.07, 6.45) is 0.784. The molecule has 6 nitrogen and oxygen atoms in total. The molecule has 1 atom stereocenters. The number of aliphatic imine (C=N–C) groups is 1. The number of rotatable bonds is 5. The molecule has 2 fully saturated rings. The first kappa shape index (κ1) is 19.3. The van der Waals surface area contributed by atoms with Gasteiger partial charge in [0, 0.05) is 44.7 Å². The standard InChI is InChI=1S/C18H27FN4O2S/c1-20-17(22-12-18(24)4-9-26-13-18)21-11-14-10-15(19)2-3-16(14)23-5-7-25-8-6-23/h2-3,10,24H,4-9,11-13H2,1H3,(H2,20,21,22). The minimum atomic E-state index is -0.680. The molecule has 2 aliphatic rings. The monoisotopic (exact) mass is 382 g/mol. The van der Waals surface area contributed by atoms with Gasteiger partial charge in [-0.15, -0.1) is 0 Å². The van der Waals surface area contributed by atoms with Crippen molar-refractivity contribution in [1.82, 2.24) is 10.6 Å². The zero-order valence-electron chi connectivity index (χ0n) is 15.1. The highest BCUT2D eigenvalue weighted by Crippen LogP contribution is 2.27. The molecule has 0 radical (unpaired) electrons. The van der Waals surface area contributed by atoms with Crippen molar-refractivity contribution in [2.75, 3.05) is 56.3 Å². The van der Waals surface area contributed by atoms with E-state index in [1.165, 1.54) is 6.07 Å². The maximum atomic E-state index is 13.8. The molecule has 8 heteroatoms. The normalized spacial score (nSPS) is 24.0. The molecule has 0 aromatic heterocycles. The molecule has 3 rings (SSSR count). The van der Waals surface area contributed by atoms with Crippen LogP contribution in [-0.4, -0.2) is 68.1 Å². The zero-order chi connectivity index (χ0) is 18.4. The Kier molecular flexibility index (Phi) is 6.61. The average Bonchev–Trinajstić information content (AvgIpc) is 3.09. The Bertz CT molecular complexity index is 632. The lowest BCUT2D eigenvalue weighted by Gasteiger charge is -2.31. The van der Waals surface area contributed by atoms with Gasteiger partial charge in [0.25, 0.3) is 0 Å². The van der Waals surface area contributed by atoms with Crippen molar-refractivity contribution in [3.05, 3.63) is 29.6 Å². The lowest BCUT2D eigenvalue weighted by Crippen LogP contribution is -2.47. The highest BCUT2D eigenvalue weighted by atomic mass is 32.2. The van der Waals surface area contributed by atoms with E-state index >= 15 is 0 Å². The van der Waals surface area contributed by atoms with Gasteiger partial charge in [0.2, 0.25) is 0 Å². The lowest BCUT2D eigenvalue weighted by molar-refractivity contribution is 0.0724. The largest absolute Gasteiger partial charge is 0.387 e. The van der Waals surface area contributed by atoms with E-state index in [1.54, 1.807) is 24.9 Å². The van der Waals surface area contributed by atoms with Crippen molar-refractivity contribution in [2.24, 2.45) is 4.99 Å². The SMILES string of the molecule is CN=C(NCc1cc(F)ccc1N1CCOCC1)NCC1(O)CCSC1. The summed E-state index contributed by atoms with van der Waals surface area (Å²) in [4.78, 5) is 6.43. The van der Waals surface area contributed by atoms with E-state index in [9.17, 15) is 9.50 Å². The summed E-state index contributed by atoms with van der Waals surface area (Å²) in [5.41, 5.74) is 1.22. The van der Waals surface area contributed by atoms with Gasteiger partial charge in [-0.05, 0) is 35.9 Å². The molecule has 1 aromatic carbocycles. The number of benzene rings is 1. The Morgan fingerprint density at radius 3 is 2.88 bits per heavy atom. The summed E-state index contributed by atoms with van der Waals surface area (Å²) < 4.78 is 19.2. The number of guanidine groups is 1.